The van der Waals surface area contributed by atoms with Crippen LogP contribution in [0.1, 0.15) is 32.9 Å². The van der Waals surface area contributed by atoms with Crippen molar-refractivity contribution in [3.8, 4) is 0 Å². The van der Waals surface area contributed by atoms with Gasteiger partial charge in [0.05, 0.1) is 5.69 Å². The fourth-order valence-electron chi connectivity index (χ4n) is 1.49. The molecule has 4 nitrogen and oxygen atoms in total. The van der Waals surface area contributed by atoms with Crippen LogP contribution < -0.4 is 5.32 Å². The van der Waals surface area contributed by atoms with Crippen LogP contribution in [0.4, 0.5) is 10.2 Å². The van der Waals surface area contributed by atoms with Gasteiger partial charge >= 0.3 is 0 Å². The maximum absolute atomic E-state index is 13.8. The van der Waals surface area contributed by atoms with Gasteiger partial charge in [0.2, 0.25) is 0 Å². The van der Waals surface area contributed by atoms with Crippen LogP contribution in [0, 0.1) is 11.2 Å². The van der Waals surface area contributed by atoms with Crippen molar-refractivity contribution in [2.24, 2.45) is 5.41 Å². The van der Waals surface area contributed by atoms with Gasteiger partial charge in [-0.25, -0.2) is 14.4 Å². The summed E-state index contributed by atoms with van der Waals surface area (Å²) in [6, 6.07) is 0. The maximum Gasteiger partial charge on any atom is 0.186 e. The third-order valence-electron chi connectivity index (χ3n) is 2.72. The minimum absolute atomic E-state index is 0.0987. The predicted octanol–water partition coefficient (Wildman–Crippen LogP) is 2.00. The predicted molar refractivity (Wildman–Crippen MR) is 65.3 cm³/mol. The van der Waals surface area contributed by atoms with Gasteiger partial charge in [-0.05, 0) is 18.3 Å². The van der Waals surface area contributed by atoms with Gasteiger partial charge in [-0.3, -0.25) is 0 Å². The van der Waals surface area contributed by atoms with Gasteiger partial charge in [0, 0.05) is 13.2 Å². The Morgan fingerprint density at radius 2 is 2.12 bits per heavy atom. The van der Waals surface area contributed by atoms with Crippen molar-refractivity contribution in [2.45, 2.75) is 33.6 Å². The minimum Gasteiger partial charge on any atom is -0.396 e. The molecule has 0 unspecified atom stereocenters. The van der Waals surface area contributed by atoms with Crippen molar-refractivity contribution < 1.29 is 9.50 Å². The first kappa shape index (κ1) is 13.8. The average Bonchev–Trinajstić information content (AvgIpc) is 2.28. The van der Waals surface area contributed by atoms with Gasteiger partial charge in [0.25, 0.3) is 0 Å². The lowest BCUT2D eigenvalue weighted by Crippen LogP contribution is -2.25. The molecule has 0 aliphatic carbocycles. The summed E-state index contributed by atoms with van der Waals surface area (Å²) in [4.78, 5) is 7.76. The Labute approximate surface area is 101 Å². The van der Waals surface area contributed by atoms with Gasteiger partial charge in [-0.1, -0.05) is 20.8 Å². The summed E-state index contributed by atoms with van der Waals surface area (Å²) in [6.45, 7) is 6.56. The van der Waals surface area contributed by atoms with Crippen LogP contribution in [-0.2, 0) is 6.42 Å². The lowest BCUT2D eigenvalue weighted by atomic mass is 9.90. The van der Waals surface area contributed by atoms with E-state index in [1.807, 2.05) is 20.8 Å². The molecule has 1 rings (SSSR count). The van der Waals surface area contributed by atoms with Crippen LogP contribution in [0.5, 0.6) is 0 Å². The summed E-state index contributed by atoms with van der Waals surface area (Å²) in [5.74, 6) is -0.141. The van der Waals surface area contributed by atoms with E-state index in [-0.39, 0.29) is 23.7 Å². The summed E-state index contributed by atoms with van der Waals surface area (Å²) in [5.41, 5.74) is 0.320. The number of aliphatic hydroxyl groups excluding tert-OH is 1. The van der Waals surface area contributed by atoms with Crippen LogP contribution in [0.2, 0.25) is 0 Å². The molecule has 0 aliphatic heterocycles. The van der Waals surface area contributed by atoms with E-state index < -0.39 is 0 Å². The monoisotopic (exact) mass is 241 g/mol. The Morgan fingerprint density at radius 3 is 2.71 bits per heavy atom. The number of halogens is 1. The molecule has 0 aromatic carbocycles. The van der Waals surface area contributed by atoms with E-state index in [1.165, 1.54) is 6.33 Å². The van der Waals surface area contributed by atoms with E-state index in [2.05, 4.69) is 15.3 Å². The van der Waals surface area contributed by atoms with E-state index in [0.29, 0.717) is 25.1 Å². The number of anilines is 1. The smallest absolute Gasteiger partial charge is 0.186 e. The highest BCUT2D eigenvalue weighted by Gasteiger charge is 2.18. The average molecular weight is 241 g/mol. The third-order valence-corrected chi connectivity index (χ3v) is 2.72. The molecule has 0 spiro atoms. The first-order chi connectivity index (χ1) is 8.00. The first-order valence-electron chi connectivity index (χ1n) is 5.84. The standard InChI is InChI=1S/C12H20FN3O/c1-4-9-10(13)11(16-8-15-9)14-7-12(2,3)5-6-17/h8,17H,4-7H2,1-3H3,(H,14,15,16). The Bertz CT molecular complexity index is 369. The van der Waals surface area contributed by atoms with E-state index in [4.69, 9.17) is 5.11 Å². The van der Waals surface area contributed by atoms with Crippen molar-refractivity contribution in [3.63, 3.8) is 0 Å². The van der Waals surface area contributed by atoms with Crippen molar-refractivity contribution in [3.05, 3.63) is 17.8 Å². The molecule has 1 aromatic rings. The number of aliphatic hydroxyl groups is 1. The SMILES string of the molecule is CCc1ncnc(NCC(C)(C)CCO)c1F. The summed E-state index contributed by atoms with van der Waals surface area (Å²) in [5, 5.41) is 11.9. The number of rotatable bonds is 6. The lowest BCUT2D eigenvalue weighted by molar-refractivity contribution is 0.220. The highest BCUT2D eigenvalue weighted by molar-refractivity contribution is 5.37. The molecule has 5 heteroatoms. The highest BCUT2D eigenvalue weighted by atomic mass is 19.1. The van der Waals surface area contributed by atoms with Gasteiger partial charge in [-0.15, -0.1) is 0 Å². The van der Waals surface area contributed by atoms with Gasteiger partial charge < -0.3 is 10.4 Å². The topological polar surface area (TPSA) is 58.0 Å². The molecule has 0 aliphatic rings. The Morgan fingerprint density at radius 1 is 1.41 bits per heavy atom. The van der Waals surface area contributed by atoms with Crippen LogP contribution >= 0.6 is 0 Å². The van der Waals surface area contributed by atoms with E-state index in [0.717, 1.165) is 0 Å². The van der Waals surface area contributed by atoms with Crippen molar-refractivity contribution in [1.82, 2.24) is 9.97 Å². The Kier molecular flexibility index (Phi) is 4.81. The van der Waals surface area contributed by atoms with E-state index >= 15 is 0 Å². The normalized spacial score (nSPS) is 11.6. The third kappa shape index (κ3) is 3.93. The molecule has 0 saturated carbocycles. The molecule has 2 N–H and O–H groups in total. The van der Waals surface area contributed by atoms with Crippen molar-refractivity contribution in [1.29, 1.82) is 0 Å². The molecule has 0 amide bonds. The molecule has 0 radical (unpaired) electrons. The number of hydrogen-bond donors (Lipinski definition) is 2. The number of hydrogen-bond acceptors (Lipinski definition) is 4. The highest BCUT2D eigenvalue weighted by Crippen LogP contribution is 2.21. The Balaban J connectivity index is 2.69. The summed E-state index contributed by atoms with van der Waals surface area (Å²) in [7, 11) is 0. The number of aryl methyl sites for hydroxylation is 1. The lowest BCUT2D eigenvalue weighted by Gasteiger charge is -2.24. The molecular weight excluding hydrogens is 221 g/mol. The quantitative estimate of drug-likeness (QED) is 0.799. The zero-order valence-corrected chi connectivity index (χ0v) is 10.6. The second kappa shape index (κ2) is 5.91. The molecule has 1 aromatic heterocycles. The maximum atomic E-state index is 13.8. The van der Waals surface area contributed by atoms with Crippen LogP contribution in [0.25, 0.3) is 0 Å². The van der Waals surface area contributed by atoms with Gasteiger partial charge in [0.15, 0.2) is 11.6 Å². The summed E-state index contributed by atoms with van der Waals surface area (Å²) >= 11 is 0. The molecule has 0 fully saturated rings. The van der Waals surface area contributed by atoms with E-state index in [1.54, 1.807) is 0 Å². The first-order valence-corrected chi connectivity index (χ1v) is 5.84. The largest absolute Gasteiger partial charge is 0.396 e. The van der Waals surface area contributed by atoms with Crippen molar-refractivity contribution >= 4 is 5.82 Å². The van der Waals surface area contributed by atoms with Crippen molar-refractivity contribution in [2.75, 3.05) is 18.5 Å². The summed E-state index contributed by atoms with van der Waals surface area (Å²) in [6.07, 6.45) is 2.57. The molecule has 0 bridgehead atoms. The zero-order chi connectivity index (χ0) is 12.9. The number of nitrogens with one attached hydrogen (secondary N) is 1. The zero-order valence-electron chi connectivity index (χ0n) is 10.6. The summed E-state index contributed by atoms with van der Waals surface area (Å²) < 4.78 is 13.8. The fraction of sp³-hybridized carbons (Fsp3) is 0.667. The molecule has 1 heterocycles. The second-order valence-corrected chi connectivity index (χ2v) is 4.83. The van der Waals surface area contributed by atoms with E-state index in [9.17, 15) is 4.39 Å². The van der Waals surface area contributed by atoms with Crippen LogP contribution in [0.15, 0.2) is 6.33 Å². The van der Waals surface area contributed by atoms with Crippen LogP contribution in [0.3, 0.4) is 0 Å². The minimum atomic E-state index is -0.380. The number of nitrogens with zero attached hydrogens (tertiary/aromatic N) is 2. The van der Waals surface area contributed by atoms with Gasteiger partial charge in [-0.2, -0.15) is 0 Å². The molecule has 17 heavy (non-hydrogen) atoms. The molecular formula is C12H20FN3O. The Hall–Kier alpha value is -1.23. The molecule has 96 valence electrons. The van der Waals surface area contributed by atoms with Crippen LogP contribution in [-0.4, -0.2) is 28.2 Å². The second-order valence-electron chi connectivity index (χ2n) is 4.83. The molecule has 0 atom stereocenters. The fourth-order valence-corrected chi connectivity index (χ4v) is 1.49. The molecule has 0 saturated heterocycles. The van der Waals surface area contributed by atoms with Gasteiger partial charge in [0.1, 0.15) is 6.33 Å². The number of aromatic nitrogens is 2.